The SMILES string of the molecule is CCCCCN(CC(N)=O)C(C)C. The predicted molar refractivity (Wildman–Crippen MR) is 55.4 cm³/mol. The Morgan fingerprint density at radius 1 is 1.38 bits per heavy atom. The van der Waals surface area contributed by atoms with Crippen LogP contribution in [-0.4, -0.2) is 29.9 Å². The first-order valence-electron chi connectivity index (χ1n) is 5.10. The van der Waals surface area contributed by atoms with Gasteiger partial charge in [-0.25, -0.2) is 0 Å². The molecule has 0 aliphatic carbocycles. The van der Waals surface area contributed by atoms with Crippen molar-refractivity contribution in [1.82, 2.24) is 4.90 Å². The molecular weight excluding hydrogens is 164 g/mol. The number of primary amides is 1. The first-order valence-corrected chi connectivity index (χ1v) is 5.10. The maximum atomic E-state index is 10.7. The normalized spacial score (nSPS) is 11.2. The Morgan fingerprint density at radius 3 is 2.38 bits per heavy atom. The zero-order valence-electron chi connectivity index (χ0n) is 9.05. The van der Waals surface area contributed by atoms with Crippen LogP contribution in [-0.2, 0) is 4.79 Å². The van der Waals surface area contributed by atoms with Gasteiger partial charge in [-0.15, -0.1) is 0 Å². The summed E-state index contributed by atoms with van der Waals surface area (Å²) in [7, 11) is 0. The number of carbonyl (C=O) groups excluding carboxylic acids is 1. The number of hydrogen-bond acceptors (Lipinski definition) is 2. The van der Waals surface area contributed by atoms with E-state index >= 15 is 0 Å². The van der Waals surface area contributed by atoms with E-state index in [0.29, 0.717) is 12.6 Å². The van der Waals surface area contributed by atoms with Gasteiger partial charge in [0.15, 0.2) is 0 Å². The first kappa shape index (κ1) is 12.4. The molecule has 0 aliphatic heterocycles. The van der Waals surface area contributed by atoms with Gasteiger partial charge in [0.05, 0.1) is 6.54 Å². The van der Waals surface area contributed by atoms with E-state index in [4.69, 9.17) is 5.73 Å². The lowest BCUT2D eigenvalue weighted by molar-refractivity contribution is -0.119. The van der Waals surface area contributed by atoms with Gasteiger partial charge in [-0.2, -0.15) is 0 Å². The van der Waals surface area contributed by atoms with Crippen LogP contribution in [0.1, 0.15) is 40.0 Å². The largest absolute Gasteiger partial charge is 0.369 e. The Kier molecular flexibility index (Phi) is 6.59. The average molecular weight is 186 g/mol. The maximum absolute atomic E-state index is 10.7. The molecule has 0 atom stereocenters. The second-order valence-corrected chi connectivity index (χ2v) is 3.74. The van der Waals surface area contributed by atoms with Gasteiger partial charge in [-0.1, -0.05) is 19.8 Å². The molecule has 78 valence electrons. The molecule has 0 bridgehead atoms. The topological polar surface area (TPSA) is 46.3 Å². The summed E-state index contributed by atoms with van der Waals surface area (Å²) in [4.78, 5) is 12.9. The Labute approximate surface area is 81.3 Å². The highest BCUT2D eigenvalue weighted by Crippen LogP contribution is 2.02. The minimum Gasteiger partial charge on any atom is -0.369 e. The monoisotopic (exact) mass is 186 g/mol. The summed E-state index contributed by atoms with van der Waals surface area (Å²) in [5.74, 6) is -0.231. The van der Waals surface area contributed by atoms with Crippen LogP contribution in [0.5, 0.6) is 0 Å². The van der Waals surface area contributed by atoms with Crippen molar-refractivity contribution in [3.63, 3.8) is 0 Å². The number of amides is 1. The summed E-state index contributed by atoms with van der Waals surface area (Å²) < 4.78 is 0. The molecule has 1 amide bonds. The summed E-state index contributed by atoms with van der Waals surface area (Å²) in [5, 5.41) is 0. The van der Waals surface area contributed by atoms with Crippen LogP contribution in [0.3, 0.4) is 0 Å². The van der Waals surface area contributed by atoms with Crippen molar-refractivity contribution >= 4 is 5.91 Å². The van der Waals surface area contributed by atoms with Crippen molar-refractivity contribution < 1.29 is 4.79 Å². The minimum absolute atomic E-state index is 0.231. The first-order chi connectivity index (χ1) is 6.07. The number of rotatable bonds is 7. The van der Waals surface area contributed by atoms with Crippen LogP contribution >= 0.6 is 0 Å². The fourth-order valence-corrected chi connectivity index (χ4v) is 1.28. The standard InChI is InChI=1S/C10H22N2O/c1-4-5-6-7-12(9(2)3)8-10(11)13/h9H,4-8H2,1-3H3,(H2,11,13). The Hall–Kier alpha value is -0.570. The molecule has 0 aromatic rings. The maximum Gasteiger partial charge on any atom is 0.231 e. The number of hydrogen-bond donors (Lipinski definition) is 1. The molecular formula is C10H22N2O. The highest BCUT2D eigenvalue weighted by molar-refractivity contribution is 5.75. The summed E-state index contributed by atoms with van der Waals surface area (Å²) in [6.07, 6.45) is 3.59. The van der Waals surface area contributed by atoms with Gasteiger partial charge < -0.3 is 5.73 Å². The van der Waals surface area contributed by atoms with Gasteiger partial charge in [0, 0.05) is 6.04 Å². The van der Waals surface area contributed by atoms with E-state index in [0.717, 1.165) is 13.0 Å². The van der Waals surface area contributed by atoms with Crippen molar-refractivity contribution in [2.45, 2.75) is 46.1 Å². The molecule has 0 heterocycles. The average Bonchev–Trinajstić information content (AvgIpc) is 2.02. The van der Waals surface area contributed by atoms with E-state index in [9.17, 15) is 4.79 Å². The van der Waals surface area contributed by atoms with Crippen molar-refractivity contribution in [1.29, 1.82) is 0 Å². The molecule has 0 saturated carbocycles. The fraction of sp³-hybridized carbons (Fsp3) is 0.900. The molecule has 0 rings (SSSR count). The molecule has 2 N–H and O–H groups in total. The van der Waals surface area contributed by atoms with Crippen molar-refractivity contribution in [3.05, 3.63) is 0 Å². The third-order valence-electron chi connectivity index (χ3n) is 2.14. The number of nitrogens with zero attached hydrogens (tertiary/aromatic N) is 1. The van der Waals surface area contributed by atoms with Crippen LogP contribution in [0.4, 0.5) is 0 Å². The molecule has 0 fully saturated rings. The van der Waals surface area contributed by atoms with Crippen LogP contribution < -0.4 is 5.73 Å². The van der Waals surface area contributed by atoms with Crippen molar-refractivity contribution in [2.75, 3.05) is 13.1 Å². The van der Waals surface area contributed by atoms with Crippen molar-refractivity contribution in [2.24, 2.45) is 5.73 Å². The minimum atomic E-state index is -0.231. The summed E-state index contributed by atoms with van der Waals surface area (Å²) in [6.45, 7) is 7.73. The fourth-order valence-electron chi connectivity index (χ4n) is 1.28. The van der Waals surface area contributed by atoms with Crippen LogP contribution in [0.25, 0.3) is 0 Å². The van der Waals surface area contributed by atoms with Gasteiger partial charge >= 0.3 is 0 Å². The van der Waals surface area contributed by atoms with Crippen LogP contribution in [0.2, 0.25) is 0 Å². The molecule has 0 radical (unpaired) electrons. The highest BCUT2D eigenvalue weighted by atomic mass is 16.1. The third-order valence-corrected chi connectivity index (χ3v) is 2.14. The highest BCUT2D eigenvalue weighted by Gasteiger charge is 2.10. The molecule has 3 heteroatoms. The Balaban J connectivity index is 3.74. The van der Waals surface area contributed by atoms with Gasteiger partial charge in [-0.05, 0) is 26.8 Å². The molecule has 0 saturated heterocycles. The van der Waals surface area contributed by atoms with E-state index in [-0.39, 0.29) is 5.91 Å². The number of unbranched alkanes of at least 4 members (excludes halogenated alkanes) is 2. The third kappa shape index (κ3) is 6.58. The zero-order chi connectivity index (χ0) is 10.3. The van der Waals surface area contributed by atoms with Gasteiger partial charge in [0.1, 0.15) is 0 Å². The molecule has 3 nitrogen and oxygen atoms in total. The van der Waals surface area contributed by atoms with Crippen LogP contribution in [0, 0.1) is 0 Å². The molecule has 0 aromatic heterocycles. The molecule has 0 aliphatic rings. The van der Waals surface area contributed by atoms with E-state index in [1.807, 2.05) is 0 Å². The van der Waals surface area contributed by atoms with Crippen molar-refractivity contribution in [3.8, 4) is 0 Å². The molecule has 13 heavy (non-hydrogen) atoms. The lowest BCUT2D eigenvalue weighted by Gasteiger charge is -2.24. The number of carbonyl (C=O) groups is 1. The zero-order valence-corrected chi connectivity index (χ0v) is 9.05. The second-order valence-electron chi connectivity index (χ2n) is 3.74. The molecule has 0 spiro atoms. The van der Waals surface area contributed by atoms with Crippen LogP contribution in [0.15, 0.2) is 0 Å². The molecule has 0 unspecified atom stereocenters. The smallest absolute Gasteiger partial charge is 0.231 e. The number of nitrogens with two attached hydrogens (primary N) is 1. The lowest BCUT2D eigenvalue weighted by Crippen LogP contribution is -2.39. The van der Waals surface area contributed by atoms with Gasteiger partial charge in [-0.3, -0.25) is 9.69 Å². The van der Waals surface area contributed by atoms with Gasteiger partial charge in [0.25, 0.3) is 0 Å². The quantitative estimate of drug-likeness (QED) is 0.610. The Bertz CT molecular complexity index is 146. The van der Waals surface area contributed by atoms with E-state index in [2.05, 4.69) is 25.7 Å². The summed E-state index contributed by atoms with van der Waals surface area (Å²) in [6, 6.07) is 0.407. The van der Waals surface area contributed by atoms with E-state index in [1.54, 1.807) is 0 Å². The van der Waals surface area contributed by atoms with E-state index < -0.39 is 0 Å². The van der Waals surface area contributed by atoms with E-state index in [1.165, 1.54) is 12.8 Å². The lowest BCUT2D eigenvalue weighted by atomic mass is 10.2. The summed E-state index contributed by atoms with van der Waals surface area (Å²) >= 11 is 0. The molecule has 0 aromatic carbocycles. The Morgan fingerprint density at radius 2 is 2.00 bits per heavy atom. The summed E-state index contributed by atoms with van der Waals surface area (Å²) in [5.41, 5.74) is 5.15. The van der Waals surface area contributed by atoms with Gasteiger partial charge in [0.2, 0.25) is 5.91 Å². The second kappa shape index (κ2) is 6.89. The predicted octanol–water partition coefficient (Wildman–Crippen LogP) is 1.37.